The molecule has 0 fully saturated rings. The molecule has 0 amide bonds. The number of hydrogen-bond donors (Lipinski definition) is 1. The summed E-state index contributed by atoms with van der Waals surface area (Å²) in [6.07, 6.45) is 3.58. The van der Waals surface area contributed by atoms with Gasteiger partial charge in [0.1, 0.15) is 0 Å². The lowest BCUT2D eigenvalue weighted by Gasteiger charge is -2.34. The predicted octanol–water partition coefficient (Wildman–Crippen LogP) is 2.23. The van der Waals surface area contributed by atoms with Crippen LogP contribution in [0, 0.1) is 0 Å². The molecule has 0 aromatic carbocycles. The minimum Gasteiger partial charge on any atom is -0.330 e. The van der Waals surface area contributed by atoms with Crippen molar-refractivity contribution in [3.8, 4) is 0 Å². The van der Waals surface area contributed by atoms with Crippen molar-refractivity contribution < 1.29 is 0 Å². The van der Waals surface area contributed by atoms with E-state index in [2.05, 4.69) is 32.6 Å². The predicted molar refractivity (Wildman–Crippen MR) is 59.9 cm³/mol. The van der Waals surface area contributed by atoms with E-state index < -0.39 is 0 Å². The molecule has 0 aliphatic rings. The monoisotopic (exact) mass is 186 g/mol. The molecule has 0 rings (SSSR count). The van der Waals surface area contributed by atoms with E-state index in [9.17, 15) is 0 Å². The average molecular weight is 186 g/mol. The van der Waals surface area contributed by atoms with Crippen LogP contribution < -0.4 is 5.73 Å². The van der Waals surface area contributed by atoms with E-state index in [1.807, 2.05) is 0 Å². The third kappa shape index (κ3) is 4.10. The molecule has 0 saturated carbocycles. The summed E-state index contributed by atoms with van der Waals surface area (Å²) in [6.45, 7) is 11.0. The molecule has 0 radical (unpaired) electrons. The highest BCUT2D eigenvalue weighted by molar-refractivity contribution is 4.74. The molecule has 2 atom stereocenters. The largest absolute Gasteiger partial charge is 0.330 e. The van der Waals surface area contributed by atoms with Crippen molar-refractivity contribution in [3.05, 3.63) is 0 Å². The van der Waals surface area contributed by atoms with Gasteiger partial charge in [-0.15, -0.1) is 0 Å². The van der Waals surface area contributed by atoms with Crippen molar-refractivity contribution in [2.45, 2.75) is 59.0 Å². The number of nitrogens with zero attached hydrogens (tertiary/aromatic N) is 1. The van der Waals surface area contributed by atoms with E-state index in [0.717, 1.165) is 19.5 Å². The molecule has 0 bridgehead atoms. The molecule has 0 aromatic heterocycles. The first-order valence-electron chi connectivity index (χ1n) is 5.66. The van der Waals surface area contributed by atoms with Gasteiger partial charge in [-0.25, -0.2) is 0 Å². The second kappa shape index (κ2) is 7.34. The van der Waals surface area contributed by atoms with Crippen LogP contribution >= 0.6 is 0 Å². The Morgan fingerprint density at radius 3 is 2.08 bits per heavy atom. The van der Waals surface area contributed by atoms with Crippen LogP contribution in [0.15, 0.2) is 0 Å². The zero-order valence-corrected chi connectivity index (χ0v) is 9.71. The van der Waals surface area contributed by atoms with Crippen LogP contribution in [-0.4, -0.2) is 30.1 Å². The summed E-state index contributed by atoms with van der Waals surface area (Å²) in [5.41, 5.74) is 5.61. The van der Waals surface area contributed by atoms with Gasteiger partial charge in [0.25, 0.3) is 0 Å². The van der Waals surface area contributed by atoms with Gasteiger partial charge in [0.05, 0.1) is 0 Å². The first kappa shape index (κ1) is 12.9. The van der Waals surface area contributed by atoms with Crippen molar-refractivity contribution in [1.82, 2.24) is 4.90 Å². The van der Waals surface area contributed by atoms with Crippen molar-refractivity contribution in [2.75, 3.05) is 13.1 Å². The third-order valence-electron chi connectivity index (χ3n) is 2.96. The second-order valence-corrected chi connectivity index (χ2v) is 3.73. The van der Waals surface area contributed by atoms with Crippen LogP contribution in [0.1, 0.15) is 47.0 Å². The van der Waals surface area contributed by atoms with Crippen LogP contribution in [-0.2, 0) is 0 Å². The number of nitrogens with two attached hydrogens (primary N) is 1. The molecule has 0 aliphatic heterocycles. The van der Waals surface area contributed by atoms with E-state index in [4.69, 9.17) is 5.73 Å². The fraction of sp³-hybridized carbons (Fsp3) is 1.00. The van der Waals surface area contributed by atoms with Gasteiger partial charge in [-0.3, -0.25) is 4.90 Å². The SMILES string of the molecule is CCC(C)N(CC)C(CC)CCN. The van der Waals surface area contributed by atoms with Crippen LogP contribution in [0.5, 0.6) is 0 Å². The Morgan fingerprint density at radius 1 is 1.15 bits per heavy atom. The molecule has 13 heavy (non-hydrogen) atoms. The Balaban J connectivity index is 4.15. The Bertz CT molecular complexity index is 115. The summed E-state index contributed by atoms with van der Waals surface area (Å²) in [5.74, 6) is 0. The van der Waals surface area contributed by atoms with Crippen molar-refractivity contribution >= 4 is 0 Å². The summed E-state index contributed by atoms with van der Waals surface area (Å²) >= 11 is 0. The van der Waals surface area contributed by atoms with Crippen molar-refractivity contribution in [3.63, 3.8) is 0 Å². The molecule has 2 N–H and O–H groups in total. The molecular formula is C11H26N2. The minimum absolute atomic E-state index is 0.685. The maximum absolute atomic E-state index is 5.61. The Kier molecular flexibility index (Phi) is 7.29. The van der Waals surface area contributed by atoms with E-state index in [0.29, 0.717) is 12.1 Å². The summed E-state index contributed by atoms with van der Waals surface area (Å²) in [6, 6.07) is 1.38. The van der Waals surface area contributed by atoms with Crippen LogP contribution in [0.25, 0.3) is 0 Å². The van der Waals surface area contributed by atoms with E-state index >= 15 is 0 Å². The molecule has 0 saturated heterocycles. The van der Waals surface area contributed by atoms with Gasteiger partial charge in [-0.2, -0.15) is 0 Å². The normalized spacial score (nSPS) is 16.2. The van der Waals surface area contributed by atoms with Gasteiger partial charge in [0.2, 0.25) is 0 Å². The van der Waals surface area contributed by atoms with Gasteiger partial charge in [-0.1, -0.05) is 20.8 Å². The lowest BCUT2D eigenvalue weighted by Crippen LogP contribution is -2.42. The van der Waals surface area contributed by atoms with E-state index in [1.54, 1.807) is 0 Å². The molecule has 0 spiro atoms. The fourth-order valence-electron chi connectivity index (χ4n) is 1.96. The smallest absolute Gasteiger partial charge is 0.0107 e. The zero-order chi connectivity index (χ0) is 10.3. The highest BCUT2D eigenvalue weighted by Crippen LogP contribution is 2.13. The van der Waals surface area contributed by atoms with Gasteiger partial charge < -0.3 is 5.73 Å². The molecule has 0 heterocycles. The fourth-order valence-corrected chi connectivity index (χ4v) is 1.96. The van der Waals surface area contributed by atoms with E-state index in [1.165, 1.54) is 12.8 Å². The maximum atomic E-state index is 5.61. The Labute approximate surface area is 83.5 Å². The topological polar surface area (TPSA) is 29.3 Å². The molecule has 0 aliphatic carbocycles. The third-order valence-corrected chi connectivity index (χ3v) is 2.96. The van der Waals surface area contributed by atoms with Crippen molar-refractivity contribution in [2.24, 2.45) is 5.73 Å². The van der Waals surface area contributed by atoms with Crippen LogP contribution in [0.4, 0.5) is 0 Å². The van der Waals surface area contributed by atoms with Gasteiger partial charge in [-0.05, 0) is 39.3 Å². The molecule has 2 heteroatoms. The highest BCUT2D eigenvalue weighted by Gasteiger charge is 2.18. The van der Waals surface area contributed by atoms with Crippen LogP contribution in [0.2, 0.25) is 0 Å². The quantitative estimate of drug-likeness (QED) is 0.660. The summed E-state index contributed by atoms with van der Waals surface area (Å²) < 4.78 is 0. The lowest BCUT2D eigenvalue weighted by atomic mass is 10.1. The minimum atomic E-state index is 0.685. The van der Waals surface area contributed by atoms with Gasteiger partial charge in [0, 0.05) is 12.1 Å². The van der Waals surface area contributed by atoms with Crippen LogP contribution in [0.3, 0.4) is 0 Å². The summed E-state index contributed by atoms with van der Waals surface area (Å²) in [4.78, 5) is 2.58. The standard InChI is InChI=1S/C11H26N2/c1-5-10(4)13(7-3)11(6-2)8-9-12/h10-11H,5-9,12H2,1-4H3. The first-order chi connectivity index (χ1) is 6.21. The maximum Gasteiger partial charge on any atom is 0.0107 e. The summed E-state index contributed by atoms with van der Waals surface area (Å²) in [7, 11) is 0. The first-order valence-corrected chi connectivity index (χ1v) is 5.66. The zero-order valence-electron chi connectivity index (χ0n) is 9.71. The Hall–Kier alpha value is -0.0800. The molecule has 2 nitrogen and oxygen atoms in total. The Morgan fingerprint density at radius 2 is 1.77 bits per heavy atom. The second-order valence-electron chi connectivity index (χ2n) is 3.73. The molecular weight excluding hydrogens is 160 g/mol. The number of hydrogen-bond acceptors (Lipinski definition) is 2. The molecule has 0 aromatic rings. The van der Waals surface area contributed by atoms with E-state index in [-0.39, 0.29) is 0 Å². The van der Waals surface area contributed by atoms with Crippen molar-refractivity contribution in [1.29, 1.82) is 0 Å². The molecule has 2 unspecified atom stereocenters. The van der Waals surface area contributed by atoms with Gasteiger partial charge in [0.15, 0.2) is 0 Å². The summed E-state index contributed by atoms with van der Waals surface area (Å²) in [5, 5.41) is 0. The lowest BCUT2D eigenvalue weighted by molar-refractivity contribution is 0.138. The highest BCUT2D eigenvalue weighted by atomic mass is 15.2. The average Bonchev–Trinajstić information content (AvgIpc) is 2.17. The molecule has 80 valence electrons. The number of rotatable bonds is 7. The van der Waals surface area contributed by atoms with Gasteiger partial charge >= 0.3 is 0 Å².